The van der Waals surface area contributed by atoms with Gasteiger partial charge in [-0.15, -0.1) is 0 Å². The Labute approximate surface area is 196 Å². The van der Waals surface area contributed by atoms with Crippen LogP contribution in [0.4, 0.5) is 5.69 Å². The first-order valence-electron chi connectivity index (χ1n) is 10.5. The monoisotopic (exact) mass is 488 g/mol. The van der Waals surface area contributed by atoms with Gasteiger partial charge in [0.2, 0.25) is 5.91 Å². The number of nitriles is 1. The number of amides is 2. The summed E-state index contributed by atoms with van der Waals surface area (Å²) in [5.41, 5.74) is 0.712. The number of phenols is 2. The summed E-state index contributed by atoms with van der Waals surface area (Å²) in [6.07, 6.45) is 1.79. The van der Waals surface area contributed by atoms with E-state index in [0.717, 1.165) is 4.31 Å². The van der Waals surface area contributed by atoms with Gasteiger partial charge >= 0.3 is 10.2 Å². The molecule has 2 aromatic carbocycles. The summed E-state index contributed by atoms with van der Waals surface area (Å²) in [5.74, 6) is -0.988. The number of aryl methyl sites for hydroxylation is 1. The number of anilines is 1. The van der Waals surface area contributed by atoms with Crippen LogP contribution in [0.1, 0.15) is 30.4 Å². The van der Waals surface area contributed by atoms with Gasteiger partial charge in [-0.2, -0.15) is 13.7 Å². The molecule has 2 amide bonds. The molecule has 0 aromatic heterocycles. The fraction of sp³-hybridized carbons (Fsp3) is 0.318. The molecule has 0 spiro atoms. The maximum atomic E-state index is 12.1. The Morgan fingerprint density at radius 3 is 2.68 bits per heavy atom. The van der Waals surface area contributed by atoms with Crippen LogP contribution in [0.25, 0.3) is 0 Å². The molecule has 1 saturated heterocycles. The zero-order valence-corrected chi connectivity index (χ0v) is 19.0. The van der Waals surface area contributed by atoms with Crippen molar-refractivity contribution in [3.63, 3.8) is 0 Å². The number of nitrogens with one attached hydrogen (secondary N) is 2. The molecule has 1 heterocycles. The topological polar surface area (TPSA) is 169 Å². The fourth-order valence-corrected chi connectivity index (χ4v) is 4.50. The third-order valence-corrected chi connectivity index (χ3v) is 6.43. The lowest BCUT2D eigenvalue weighted by atomic mass is 10.1. The molecule has 11 nitrogen and oxygen atoms in total. The first-order valence-corrected chi connectivity index (χ1v) is 11.9. The second kappa shape index (κ2) is 10.8. The molecule has 0 atom stereocenters. The van der Waals surface area contributed by atoms with Crippen molar-refractivity contribution in [2.24, 2.45) is 0 Å². The summed E-state index contributed by atoms with van der Waals surface area (Å²) >= 11 is 0. The number of ether oxygens (including phenoxy) is 1. The zero-order chi connectivity index (χ0) is 24.7. The average molecular weight is 489 g/mol. The van der Waals surface area contributed by atoms with Gasteiger partial charge < -0.3 is 20.3 Å². The van der Waals surface area contributed by atoms with E-state index in [1.165, 1.54) is 18.2 Å². The van der Waals surface area contributed by atoms with Crippen LogP contribution in [-0.4, -0.2) is 50.1 Å². The highest BCUT2D eigenvalue weighted by Crippen LogP contribution is 2.31. The lowest BCUT2D eigenvalue weighted by Gasteiger charge is -2.16. The van der Waals surface area contributed by atoms with E-state index in [9.17, 15) is 28.2 Å². The molecule has 1 aliphatic rings. The molecule has 34 heavy (non-hydrogen) atoms. The van der Waals surface area contributed by atoms with E-state index in [1.54, 1.807) is 18.2 Å². The van der Waals surface area contributed by atoms with E-state index >= 15 is 0 Å². The molecule has 180 valence electrons. The lowest BCUT2D eigenvalue weighted by molar-refractivity contribution is -0.121. The van der Waals surface area contributed by atoms with Gasteiger partial charge in [-0.25, -0.2) is 9.03 Å². The van der Waals surface area contributed by atoms with Crippen molar-refractivity contribution < 1.29 is 33.0 Å². The predicted octanol–water partition coefficient (Wildman–Crippen LogP) is 1.06. The second-order valence-electron chi connectivity index (χ2n) is 7.53. The number of rotatable bonds is 10. The van der Waals surface area contributed by atoms with Crippen molar-refractivity contribution in [2.75, 3.05) is 24.0 Å². The smallest absolute Gasteiger partial charge is 0.326 e. The average Bonchev–Trinajstić information content (AvgIpc) is 3.06. The van der Waals surface area contributed by atoms with Crippen LogP contribution in [0.15, 0.2) is 36.4 Å². The third kappa shape index (κ3) is 6.08. The molecule has 2 aromatic rings. The third-order valence-electron chi connectivity index (χ3n) is 5.04. The molecule has 3 rings (SSSR count). The number of benzene rings is 2. The highest BCUT2D eigenvalue weighted by molar-refractivity contribution is 7.92. The fourth-order valence-electron chi connectivity index (χ4n) is 3.33. The van der Waals surface area contributed by atoms with E-state index in [1.807, 2.05) is 10.8 Å². The number of carbonyl (C=O) groups is 2. The molecule has 1 fully saturated rings. The molecule has 0 aliphatic carbocycles. The Balaban J connectivity index is 1.38. The van der Waals surface area contributed by atoms with Gasteiger partial charge in [0.15, 0.2) is 0 Å². The summed E-state index contributed by atoms with van der Waals surface area (Å²) < 4.78 is 31.9. The van der Waals surface area contributed by atoms with E-state index in [4.69, 9.17) is 10.00 Å². The standard InChI is InChI=1S/C22H24N4O7S/c23-13-16-18(27)4-3-5-20(16)33-11-2-1-10-24-21(29)9-7-15-6-8-17(19(28)12-15)26-14-22(30)25-34(26,31)32/h3-6,8,12,27-28H,1-2,7,9-11,14H2,(H,24,29)(H,25,30). The van der Waals surface area contributed by atoms with E-state index < -0.39 is 22.7 Å². The van der Waals surface area contributed by atoms with Crippen LogP contribution in [0.5, 0.6) is 17.2 Å². The Kier molecular flexibility index (Phi) is 7.80. The van der Waals surface area contributed by atoms with Crippen molar-refractivity contribution >= 4 is 27.7 Å². The zero-order valence-electron chi connectivity index (χ0n) is 18.2. The van der Waals surface area contributed by atoms with E-state index in [0.29, 0.717) is 43.7 Å². The highest BCUT2D eigenvalue weighted by Gasteiger charge is 2.35. The summed E-state index contributed by atoms with van der Waals surface area (Å²) in [4.78, 5) is 23.4. The number of hydrogen-bond acceptors (Lipinski definition) is 8. The first-order chi connectivity index (χ1) is 16.2. The quantitative estimate of drug-likeness (QED) is 0.360. The van der Waals surface area contributed by atoms with Crippen LogP contribution in [0.3, 0.4) is 0 Å². The van der Waals surface area contributed by atoms with Gasteiger partial charge in [-0.1, -0.05) is 12.1 Å². The van der Waals surface area contributed by atoms with E-state index in [2.05, 4.69) is 5.32 Å². The van der Waals surface area contributed by atoms with Crippen LogP contribution in [0.2, 0.25) is 0 Å². The minimum Gasteiger partial charge on any atom is -0.506 e. The van der Waals surface area contributed by atoms with Gasteiger partial charge in [-0.3, -0.25) is 9.59 Å². The van der Waals surface area contributed by atoms with Gasteiger partial charge in [0, 0.05) is 13.0 Å². The van der Waals surface area contributed by atoms with Gasteiger partial charge in [0.1, 0.15) is 35.4 Å². The number of carbonyl (C=O) groups excluding carboxylic acids is 2. The largest absolute Gasteiger partial charge is 0.506 e. The summed E-state index contributed by atoms with van der Waals surface area (Å²) in [6, 6.07) is 10.8. The molecular weight excluding hydrogens is 464 g/mol. The minimum atomic E-state index is -4.01. The Bertz CT molecular complexity index is 1220. The van der Waals surface area contributed by atoms with Crippen LogP contribution >= 0.6 is 0 Å². The Morgan fingerprint density at radius 1 is 1.21 bits per heavy atom. The van der Waals surface area contributed by atoms with Crippen molar-refractivity contribution in [3.05, 3.63) is 47.5 Å². The molecule has 0 saturated carbocycles. The summed E-state index contributed by atoms with van der Waals surface area (Å²) in [5, 5.41) is 31.7. The predicted molar refractivity (Wildman–Crippen MR) is 121 cm³/mol. The molecule has 1 aliphatic heterocycles. The molecule has 0 radical (unpaired) electrons. The van der Waals surface area contributed by atoms with Crippen molar-refractivity contribution in [3.8, 4) is 23.3 Å². The Hall–Kier alpha value is -3.98. The summed E-state index contributed by atoms with van der Waals surface area (Å²) in [7, 11) is -4.01. The maximum absolute atomic E-state index is 12.1. The van der Waals surface area contributed by atoms with Crippen LogP contribution < -0.4 is 19.1 Å². The molecular formula is C22H24N4O7S. The molecule has 0 bridgehead atoms. The van der Waals surface area contributed by atoms with Crippen molar-refractivity contribution in [1.29, 1.82) is 5.26 Å². The second-order valence-corrected chi connectivity index (χ2v) is 9.12. The van der Waals surface area contributed by atoms with Crippen LogP contribution in [-0.2, 0) is 26.2 Å². The van der Waals surface area contributed by atoms with Crippen molar-refractivity contribution in [1.82, 2.24) is 10.0 Å². The number of aromatic hydroxyl groups is 2. The molecule has 4 N–H and O–H groups in total. The van der Waals surface area contributed by atoms with Crippen LogP contribution in [0, 0.1) is 11.3 Å². The number of unbranched alkanes of at least 4 members (excludes halogenated alkanes) is 1. The summed E-state index contributed by atoms with van der Waals surface area (Å²) in [6.45, 7) is 0.356. The Morgan fingerprint density at radius 2 is 2.00 bits per heavy atom. The minimum absolute atomic E-state index is 0.0126. The molecule has 0 unspecified atom stereocenters. The highest BCUT2D eigenvalue weighted by atomic mass is 32.2. The van der Waals surface area contributed by atoms with Gasteiger partial charge in [0.05, 0.1) is 12.3 Å². The number of hydrogen-bond donors (Lipinski definition) is 4. The lowest BCUT2D eigenvalue weighted by Crippen LogP contribution is -2.29. The van der Waals surface area contributed by atoms with E-state index in [-0.39, 0.29) is 35.1 Å². The number of phenolic OH excluding ortho intramolecular Hbond substituents is 2. The van der Waals surface area contributed by atoms with Crippen molar-refractivity contribution in [2.45, 2.75) is 25.7 Å². The normalized spacial score (nSPS) is 14.3. The number of nitrogens with zero attached hydrogens (tertiary/aromatic N) is 2. The maximum Gasteiger partial charge on any atom is 0.326 e. The molecule has 12 heteroatoms. The van der Waals surface area contributed by atoms with Gasteiger partial charge in [0.25, 0.3) is 5.91 Å². The SMILES string of the molecule is N#Cc1c(O)cccc1OCCCCNC(=O)CCc1ccc(N2CC(=O)NS2(=O)=O)c(O)c1. The first kappa shape index (κ1) is 24.7. The van der Waals surface area contributed by atoms with Gasteiger partial charge in [-0.05, 0) is 49.1 Å².